The van der Waals surface area contributed by atoms with Crippen LogP contribution in [-0.4, -0.2) is 11.1 Å². The molecule has 1 rings (SSSR count). The van der Waals surface area contributed by atoms with E-state index in [4.69, 9.17) is 34.0 Å². The number of halogens is 2. The van der Waals surface area contributed by atoms with Gasteiger partial charge >= 0.3 is 5.97 Å². The fraction of sp³-hybridized carbons (Fsp3) is 0.300. The molecule has 0 aliphatic rings. The Hall–Kier alpha value is -0.770. The van der Waals surface area contributed by atoms with Gasteiger partial charge in [0, 0.05) is 6.04 Å². The molecule has 0 aromatic heterocycles. The number of aliphatic carboxylic acids is 1. The van der Waals surface area contributed by atoms with Crippen molar-refractivity contribution in [1.29, 1.82) is 0 Å². The normalized spacial score (nSPS) is 14.7. The summed E-state index contributed by atoms with van der Waals surface area (Å²) in [5, 5.41) is 9.60. The van der Waals surface area contributed by atoms with E-state index in [1.54, 1.807) is 25.1 Å². The summed E-state index contributed by atoms with van der Waals surface area (Å²) in [5.41, 5.74) is 6.44. The molecule has 0 amide bonds. The monoisotopic (exact) mass is 247 g/mol. The zero-order chi connectivity index (χ0) is 11.6. The van der Waals surface area contributed by atoms with Crippen LogP contribution in [-0.2, 0) is 4.79 Å². The first-order valence-electron chi connectivity index (χ1n) is 4.37. The van der Waals surface area contributed by atoms with E-state index in [9.17, 15) is 4.79 Å². The van der Waals surface area contributed by atoms with Crippen molar-refractivity contribution in [3.8, 4) is 0 Å². The molecule has 2 atom stereocenters. The van der Waals surface area contributed by atoms with Gasteiger partial charge in [-0.15, -0.1) is 0 Å². The Morgan fingerprint density at radius 1 is 1.40 bits per heavy atom. The number of nitrogens with two attached hydrogens (primary N) is 1. The fourth-order valence-corrected chi connectivity index (χ4v) is 1.47. The standard InChI is InChI=1S/C10H11Cl2NO2/c1-5(10(14)15)9(13)6-2-3-7(11)8(12)4-6/h2-5,9H,13H2,1H3,(H,14,15). The minimum Gasteiger partial charge on any atom is -0.481 e. The van der Waals surface area contributed by atoms with E-state index in [0.717, 1.165) is 0 Å². The van der Waals surface area contributed by atoms with Crippen molar-refractivity contribution >= 4 is 29.2 Å². The van der Waals surface area contributed by atoms with Gasteiger partial charge < -0.3 is 10.8 Å². The molecule has 3 nitrogen and oxygen atoms in total. The van der Waals surface area contributed by atoms with Crippen LogP contribution < -0.4 is 5.73 Å². The molecule has 0 spiro atoms. The molecule has 0 aliphatic carbocycles. The van der Waals surface area contributed by atoms with Gasteiger partial charge in [0.15, 0.2) is 0 Å². The van der Waals surface area contributed by atoms with E-state index in [1.165, 1.54) is 0 Å². The van der Waals surface area contributed by atoms with Gasteiger partial charge in [0.2, 0.25) is 0 Å². The van der Waals surface area contributed by atoms with Gasteiger partial charge in [-0.2, -0.15) is 0 Å². The highest BCUT2D eigenvalue weighted by atomic mass is 35.5. The minimum atomic E-state index is -0.937. The lowest BCUT2D eigenvalue weighted by molar-refractivity contribution is -0.141. The smallest absolute Gasteiger partial charge is 0.308 e. The highest BCUT2D eigenvalue weighted by Gasteiger charge is 2.21. The van der Waals surface area contributed by atoms with Crippen LogP contribution >= 0.6 is 23.2 Å². The van der Waals surface area contributed by atoms with Crippen molar-refractivity contribution in [2.24, 2.45) is 11.7 Å². The molecule has 15 heavy (non-hydrogen) atoms. The molecule has 5 heteroatoms. The number of carboxylic acids is 1. The summed E-state index contributed by atoms with van der Waals surface area (Å²) in [5.74, 6) is -1.60. The lowest BCUT2D eigenvalue weighted by atomic mass is 9.96. The van der Waals surface area contributed by atoms with Crippen LogP contribution in [0.25, 0.3) is 0 Å². The third-order valence-electron chi connectivity index (χ3n) is 2.26. The molecule has 0 saturated heterocycles. The van der Waals surface area contributed by atoms with Crippen molar-refractivity contribution in [2.75, 3.05) is 0 Å². The SMILES string of the molecule is CC(C(=O)O)C(N)c1ccc(Cl)c(Cl)c1. The summed E-state index contributed by atoms with van der Waals surface area (Å²) >= 11 is 11.5. The second-order valence-electron chi connectivity index (χ2n) is 3.33. The maximum atomic E-state index is 10.7. The van der Waals surface area contributed by atoms with E-state index >= 15 is 0 Å². The van der Waals surface area contributed by atoms with Gasteiger partial charge in [-0.25, -0.2) is 0 Å². The number of rotatable bonds is 3. The fourth-order valence-electron chi connectivity index (χ4n) is 1.16. The summed E-state index contributed by atoms with van der Waals surface area (Å²) in [6.07, 6.45) is 0. The Morgan fingerprint density at radius 3 is 2.47 bits per heavy atom. The Labute approximate surface area is 97.8 Å². The van der Waals surface area contributed by atoms with Gasteiger partial charge in [0.05, 0.1) is 16.0 Å². The Bertz CT molecular complexity index is 382. The average molecular weight is 248 g/mol. The van der Waals surface area contributed by atoms with E-state index in [-0.39, 0.29) is 0 Å². The molecule has 0 saturated carbocycles. The Kier molecular flexibility index (Phi) is 3.97. The molecule has 1 aromatic carbocycles. The van der Waals surface area contributed by atoms with E-state index in [0.29, 0.717) is 15.6 Å². The van der Waals surface area contributed by atoms with Crippen molar-refractivity contribution < 1.29 is 9.90 Å². The van der Waals surface area contributed by atoms with Crippen molar-refractivity contribution in [3.63, 3.8) is 0 Å². The molecular weight excluding hydrogens is 237 g/mol. The van der Waals surface area contributed by atoms with Crippen LogP contribution in [0.3, 0.4) is 0 Å². The van der Waals surface area contributed by atoms with Gasteiger partial charge in [0.1, 0.15) is 0 Å². The first-order chi connectivity index (χ1) is 6.93. The predicted octanol–water partition coefficient (Wildman–Crippen LogP) is 2.71. The topological polar surface area (TPSA) is 63.3 Å². The van der Waals surface area contributed by atoms with Crippen LogP contribution in [0.4, 0.5) is 0 Å². The molecule has 0 heterocycles. The van der Waals surface area contributed by atoms with E-state index in [2.05, 4.69) is 0 Å². The third kappa shape index (κ3) is 2.84. The van der Waals surface area contributed by atoms with E-state index < -0.39 is 17.9 Å². The number of hydrogen-bond acceptors (Lipinski definition) is 2. The van der Waals surface area contributed by atoms with Gasteiger partial charge in [0.25, 0.3) is 0 Å². The lowest BCUT2D eigenvalue weighted by Gasteiger charge is -2.16. The first-order valence-corrected chi connectivity index (χ1v) is 5.12. The van der Waals surface area contributed by atoms with Gasteiger partial charge in [-0.05, 0) is 17.7 Å². The predicted molar refractivity (Wildman–Crippen MR) is 60.2 cm³/mol. The maximum Gasteiger partial charge on any atom is 0.308 e. The summed E-state index contributed by atoms with van der Waals surface area (Å²) in [7, 11) is 0. The summed E-state index contributed by atoms with van der Waals surface area (Å²) in [4.78, 5) is 10.7. The maximum absolute atomic E-state index is 10.7. The molecule has 2 unspecified atom stereocenters. The quantitative estimate of drug-likeness (QED) is 0.864. The third-order valence-corrected chi connectivity index (χ3v) is 3.00. The number of hydrogen-bond donors (Lipinski definition) is 2. The first kappa shape index (κ1) is 12.3. The summed E-state index contributed by atoms with van der Waals surface area (Å²) < 4.78 is 0. The molecule has 82 valence electrons. The van der Waals surface area contributed by atoms with E-state index in [1.807, 2.05) is 0 Å². The summed E-state index contributed by atoms with van der Waals surface area (Å²) in [6.45, 7) is 1.55. The molecular formula is C10H11Cl2NO2. The van der Waals surface area contributed by atoms with Crippen LogP contribution in [0.1, 0.15) is 18.5 Å². The largest absolute Gasteiger partial charge is 0.481 e. The second-order valence-corrected chi connectivity index (χ2v) is 4.14. The number of carbonyl (C=O) groups is 1. The molecule has 0 radical (unpaired) electrons. The van der Waals surface area contributed by atoms with Crippen LogP contribution in [0.5, 0.6) is 0 Å². The number of benzene rings is 1. The molecule has 1 aromatic rings. The molecule has 0 bridgehead atoms. The molecule has 3 N–H and O–H groups in total. The Morgan fingerprint density at radius 2 is 2.00 bits per heavy atom. The van der Waals surface area contributed by atoms with Crippen LogP contribution in [0.15, 0.2) is 18.2 Å². The average Bonchev–Trinajstić information content (AvgIpc) is 2.19. The second kappa shape index (κ2) is 4.84. The van der Waals surface area contributed by atoms with Gasteiger partial charge in [-0.3, -0.25) is 4.79 Å². The Balaban J connectivity index is 2.96. The minimum absolute atomic E-state index is 0.377. The molecule has 0 fully saturated rings. The van der Waals surface area contributed by atoms with Crippen LogP contribution in [0.2, 0.25) is 10.0 Å². The lowest BCUT2D eigenvalue weighted by Crippen LogP contribution is -2.25. The highest BCUT2D eigenvalue weighted by Crippen LogP contribution is 2.27. The van der Waals surface area contributed by atoms with Crippen LogP contribution in [0, 0.1) is 5.92 Å². The van der Waals surface area contributed by atoms with Crippen molar-refractivity contribution in [3.05, 3.63) is 33.8 Å². The number of carboxylic acid groups (broad SMARTS) is 1. The highest BCUT2D eigenvalue weighted by molar-refractivity contribution is 6.42. The molecule has 0 aliphatic heterocycles. The van der Waals surface area contributed by atoms with Gasteiger partial charge in [-0.1, -0.05) is 36.2 Å². The van der Waals surface area contributed by atoms with Crippen molar-refractivity contribution in [2.45, 2.75) is 13.0 Å². The zero-order valence-electron chi connectivity index (χ0n) is 8.08. The summed E-state index contributed by atoms with van der Waals surface area (Å²) in [6, 6.07) is 4.29. The van der Waals surface area contributed by atoms with Crippen molar-refractivity contribution in [1.82, 2.24) is 0 Å². The zero-order valence-corrected chi connectivity index (χ0v) is 9.59.